The summed E-state index contributed by atoms with van der Waals surface area (Å²) in [5.41, 5.74) is 7.25. The van der Waals surface area contributed by atoms with Crippen LogP contribution in [0.15, 0.2) is 62.7 Å². The van der Waals surface area contributed by atoms with Gasteiger partial charge in [-0.05, 0) is 60.7 Å². The molecule has 0 saturated carbocycles. The molecule has 0 fully saturated rings. The molecule has 2 aromatic carbocycles. The Balaban J connectivity index is 2.21. The third-order valence-corrected chi connectivity index (χ3v) is 6.58. The SMILES string of the molecule is N/C(=N\P)c1ccc(S(=O)(=O)N(P)Cc2ccc(Br)cc2)cc1. The van der Waals surface area contributed by atoms with Gasteiger partial charge in [0.05, 0.1) is 4.90 Å². The Morgan fingerprint density at radius 1 is 1.13 bits per heavy atom. The maximum absolute atomic E-state index is 12.6. The van der Waals surface area contributed by atoms with Gasteiger partial charge in [0.1, 0.15) is 5.84 Å². The fraction of sp³-hybridized carbons (Fsp3) is 0.0714. The monoisotopic (exact) mass is 431 g/mol. The van der Waals surface area contributed by atoms with Crippen molar-refractivity contribution in [1.29, 1.82) is 0 Å². The van der Waals surface area contributed by atoms with Gasteiger partial charge in [-0.3, -0.25) is 4.76 Å². The zero-order chi connectivity index (χ0) is 17.0. The highest BCUT2D eigenvalue weighted by atomic mass is 79.9. The second-order valence-corrected chi connectivity index (χ2v) is 8.78. The van der Waals surface area contributed by atoms with Crippen molar-refractivity contribution in [3.05, 3.63) is 64.1 Å². The van der Waals surface area contributed by atoms with Crippen molar-refractivity contribution >= 4 is 50.6 Å². The van der Waals surface area contributed by atoms with Crippen molar-refractivity contribution in [2.24, 2.45) is 10.5 Å². The number of benzene rings is 2. The summed E-state index contributed by atoms with van der Waals surface area (Å²) in [7, 11) is 0.834. The van der Waals surface area contributed by atoms with Gasteiger partial charge < -0.3 is 5.73 Å². The summed E-state index contributed by atoms with van der Waals surface area (Å²) >= 11 is 3.35. The lowest BCUT2D eigenvalue weighted by Crippen LogP contribution is -2.21. The van der Waals surface area contributed by atoms with Gasteiger partial charge in [0.25, 0.3) is 0 Å². The summed E-state index contributed by atoms with van der Waals surface area (Å²) in [5.74, 6) is 0.330. The molecular formula is C14H16BrN3O2P2S. The van der Waals surface area contributed by atoms with Crippen LogP contribution in [0.2, 0.25) is 0 Å². The van der Waals surface area contributed by atoms with Crippen LogP contribution < -0.4 is 5.73 Å². The van der Waals surface area contributed by atoms with E-state index in [0.29, 0.717) is 11.4 Å². The van der Waals surface area contributed by atoms with Crippen LogP contribution in [-0.2, 0) is 16.6 Å². The Labute approximate surface area is 149 Å². The molecule has 9 heteroatoms. The van der Waals surface area contributed by atoms with Crippen molar-refractivity contribution in [1.82, 2.24) is 4.08 Å². The molecule has 0 radical (unpaired) electrons. The molecule has 122 valence electrons. The van der Waals surface area contributed by atoms with E-state index < -0.39 is 10.0 Å². The first kappa shape index (κ1) is 18.5. The average molecular weight is 432 g/mol. The van der Waals surface area contributed by atoms with Crippen LogP contribution in [0.25, 0.3) is 0 Å². The van der Waals surface area contributed by atoms with Crippen LogP contribution in [0.5, 0.6) is 0 Å². The molecular weight excluding hydrogens is 416 g/mol. The van der Waals surface area contributed by atoms with E-state index in [-0.39, 0.29) is 11.4 Å². The highest BCUT2D eigenvalue weighted by Crippen LogP contribution is 2.23. The van der Waals surface area contributed by atoms with Crippen LogP contribution in [0.3, 0.4) is 0 Å². The first-order valence-electron chi connectivity index (χ1n) is 6.50. The number of nitrogens with zero attached hydrogens (tertiary/aromatic N) is 2. The molecule has 5 nitrogen and oxygen atoms in total. The molecule has 2 aromatic rings. The molecule has 23 heavy (non-hydrogen) atoms. The Hall–Kier alpha value is -0.840. The summed E-state index contributed by atoms with van der Waals surface area (Å²) in [4.78, 5) is 0.199. The van der Waals surface area contributed by atoms with Gasteiger partial charge >= 0.3 is 0 Å². The zero-order valence-corrected chi connectivity index (χ0v) is 16.8. The van der Waals surface area contributed by atoms with E-state index in [4.69, 9.17) is 5.73 Å². The largest absolute Gasteiger partial charge is 0.383 e. The number of halogens is 1. The minimum Gasteiger partial charge on any atom is -0.383 e. The molecule has 2 N–H and O–H groups in total. The van der Waals surface area contributed by atoms with Crippen molar-refractivity contribution in [2.45, 2.75) is 11.4 Å². The highest BCUT2D eigenvalue weighted by molar-refractivity contribution is 9.10. The second kappa shape index (κ2) is 7.82. The Morgan fingerprint density at radius 3 is 2.22 bits per heavy atom. The third-order valence-electron chi connectivity index (χ3n) is 3.15. The maximum Gasteiger partial charge on any atom is 0.246 e. The number of rotatable bonds is 5. The van der Waals surface area contributed by atoms with Crippen LogP contribution in [0.1, 0.15) is 11.1 Å². The van der Waals surface area contributed by atoms with Crippen LogP contribution in [0.4, 0.5) is 0 Å². The normalized spacial score (nSPS) is 12.6. The smallest absolute Gasteiger partial charge is 0.246 e. The van der Waals surface area contributed by atoms with Gasteiger partial charge in [-0.1, -0.05) is 28.1 Å². The van der Waals surface area contributed by atoms with Crippen molar-refractivity contribution in [3.8, 4) is 0 Å². The minimum atomic E-state index is -3.60. The molecule has 0 aliphatic heterocycles. The van der Waals surface area contributed by atoms with Crippen LogP contribution in [0, 0.1) is 0 Å². The summed E-state index contributed by atoms with van der Waals surface area (Å²) in [5, 5.41) is 0. The van der Waals surface area contributed by atoms with Crippen molar-refractivity contribution < 1.29 is 8.42 Å². The molecule has 0 saturated heterocycles. The molecule has 0 amide bonds. The molecule has 0 aromatic heterocycles. The summed E-state index contributed by atoms with van der Waals surface area (Å²) in [6, 6.07) is 13.8. The lowest BCUT2D eigenvalue weighted by molar-refractivity contribution is 0.540. The van der Waals surface area contributed by atoms with Gasteiger partial charge in [-0.2, -0.15) is 4.08 Å². The van der Waals surface area contributed by atoms with E-state index in [2.05, 4.69) is 39.5 Å². The maximum atomic E-state index is 12.6. The highest BCUT2D eigenvalue weighted by Gasteiger charge is 2.21. The fourth-order valence-corrected chi connectivity index (χ4v) is 3.92. The quantitative estimate of drug-likeness (QED) is 0.449. The molecule has 2 rings (SSSR count). The summed E-state index contributed by atoms with van der Waals surface area (Å²) in [6.45, 7) is 0.261. The molecule has 0 heterocycles. The molecule has 0 aliphatic rings. The van der Waals surface area contributed by atoms with Gasteiger partial charge in [-0.25, -0.2) is 8.42 Å². The van der Waals surface area contributed by atoms with E-state index in [1.54, 1.807) is 12.1 Å². The number of amidine groups is 1. The van der Waals surface area contributed by atoms with E-state index >= 15 is 0 Å². The second-order valence-electron chi connectivity index (χ2n) is 4.72. The third kappa shape index (κ3) is 4.59. The molecule has 0 bridgehead atoms. The minimum absolute atomic E-state index is 0.199. The van der Waals surface area contributed by atoms with Gasteiger partial charge in [0, 0.05) is 16.6 Å². The topological polar surface area (TPSA) is 75.8 Å². The van der Waals surface area contributed by atoms with Crippen LogP contribution in [-0.4, -0.2) is 18.3 Å². The average Bonchev–Trinajstić information content (AvgIpc) is 2.56. The van der Waals surface area contributed by atoms with Gasteiger partial charge in [0.15, 0.2) is 0 Å². The summed E-state index contributed by atoms with van der Waals surface area (Å²) < 4.78 is 31.1. The number of hydrogen-bond acceptors (Lipinski definition) is 3. The standard InChI is InChI=1S/C14H16BrN3O2P2S/c15-12-5-1-10(2-6-12)9-18(22)23(19,20)13-7-3-11(4-8-13)14(16)17-21/h1-8H,9,21-22H2,(H2,16,17). The lowest BCUT2D eigenvalue weighted by atomic mass is 10.2. The van der Waals surface area contributed by atoms with E-state index in [0.717, 1.165) is 10.0 Å². The molecule has 2 unspecified atom stereocenters. The number of sulfonamides is 1. The Morgan fingerprint density at radius 2 is 1.70 bits per heavy atom. The van der Waals surface area contributed by atoms with Gasteiger partial charge in [-0.15, -0.1) is 0 Å². The zero-order valence-electron chi connectivity index (χ0n) is 12.1. The van der Waals surface area contributed by atoms with Crippen molar-refractivity contribution in [3.63, 3.8) is 0 Å². The molecule has 2 atom stereocenters. The lowest BCUT2D eigenvalue weighted by Gasteiger charge is -2.17. The van der Waals surface area contributed by atoms with E-state index in [9.17, 15) is 8.42 Å². The fourth-order valence-electron chi connectivity index (χ4n) is 1.86. The van der Waals surface area contributed by atoms with E-state index in [1.165, 1.54) is 16.2 Å². The molecule has 0 aliphatic carbocycles. The molecule has 0 spiro atoms. The predicted molar refractivity (Wildman–Crippen MR) is 103 cm³/mol. The van der Waals surface area contributed by atoms with Crippen LogP contribution >= 0.6 is 34.7 Å². The Kier molecular flexibility index (Phi) is 6.29. The predicted octanol–water partition coefficient (Wildman–Crippen LogP) is 2.93. The van der Waals surface area contributed by atoms with Gasteiger partial charge in [0.2, 0.25) is 10.0 Å². The number of nitrogens with two attached hydrogens (primary N) is 1. The first-order valence-corrected chi connectivity index (χ1v) is 9.77. The first-order chi connectivity index (χ1) is 10.8. The van der Waals surface area contributed by atoms with Crippen molar-refractivity contribution in [2.75, 3.05) is 0 Å². The Bertz CT molecular complexity index is 809. The summed E-state index contributed by atoms with van der Waals surface area (Å²) in [6.07, 6.45) is 0. The number of hydrogen-bond donors (Lipinski definition) is 1. The van der Waals surface area contributed by atoms with E-state index in [1.807, 2.05) is 24.3 Å².